The number of halogens is 3. The summed E-state index contributed by atoms with van der Waals surface area (Å²) in [5.74, 6) is -0.403. The minimum Gasteiger partial charge on any atom is -0.374 e. The number of rotatable bonds is 8. The summed E-state index contributed by atoms with van der Waals surface area (Å²) in [6.07, 6.45) is 0. The van der Waals surface area contributed by atoms with Crippen LogP contribution in [-0.2, 0) is 10.1 Å². The molecule has 234 valence electrons. The van der Waals surface area contributed by atoms with E-state index >= 15 is 0 Å². The van der Waals surface area contributed by atoms with Crippen LogP contribution in [0.1, 0.15) is 0 Å². The van der Waals surface area contributed by atoms with E-state index in [-0.39, 0.29) is 4.70 Å². The van der Waals surface area contributed by atoms with Gasteiger partial charge in [-0.3, -0.25) is 0 Å². The number of benzene rings is 6. The maximum absolute atomic E-state index is 13.6. The molecule has 6 aromatic carbocycles. The number of thiophene rings is 1. The Balaban J connectivity index is 1.60. The number of nitrogens with zero attached hydrogens (tertiary/aromatic N) is 2. The molecule has 1 aromatic heterocycles. The number of anilines is 6. The molecular weight excluding hydrogens is 642 g/mol. The lowest BCUT2D eigenvalue weighted by Gasteiger charge is -2.28. The fraction of sp³-hybridized carbons (Fsp3) is 0.0270. The second kappa shape index (κ2) is 12.1. The zero-order valence-corrected chi connectivity index (χ0v) is 26.1. The van der Waals surface area contributed by atoms with Crippen molar-refractivity contribution < 1.29 is 25.8 Å². The van der Waals surface area contributed by atoms with Crippen LogP contribution in [-0.4, -0.2) is 13.9 Å². The summed E-state index contributed by atoms with van der Waals surface area (Å²) in [5, 5.41) is 1.27. The number of fused-ring (bicyclic) bond motifs is 3. The first-order valence-corrected chi connectivity index (χ1v) is 16.7. The van der Waals surface area contributed by atoms with E-state index in [1.807, 2.05) is 144 Å². The van der Waals surface area contributed by atoms with Gasteiger partial charge in [-0.25, -0.2) is 0 Å². The molecule has 0 fully saturated rings. The average molecular weight is 667 g/mol. The SMILES string of the molecule is O=S(=O)(Oc1ccc(N(c2ccccc2)c2ccccc2)c2c1sc1cccc(N(c3ccccc3)c3ccccc3)c12)C(F)(F)F. The van der Waals surface area contributed by atoms with Crippen molar-refractivity contribution >= 4 is 75.8 Å². The largest absolute Gasteiger partial charge is 0.534 e. The van der Waals surface area contributed by atoms with Crippen LogP contribution in [0.5, 0.6) is 5.75 Å². The lowest BCUT2D eigenvalue weighted by Crippen LogP contribution is -2.28. The molecule has 0 aliphatic heterocycles. The normalized spacial score (nSPS) is 11.9. The molecule has 0 bridgehead atoms. The average Bonchev–Trinajstić information content (AvgIpc) is 3.49. The number of hydrogen-bond donors (Lipinski definition) is 0. The summed E-state index contributed by atoms with van der Waals surface area (Å²) >= 11 is 1.17. The van der Waals surface area contributed by atoms with Gasteiger partial charge in [0.2, 0.25) is 0 Å². The summed E-state index contributed by atoms with van der Waals surface area (Å²) < 4.78 is 71.3. The van der Waals surface area contributed by atoms with Crippen molar-refractivity contribution in [1.29, 1.82) is 0 Å². The molecule has 0 amide bonds. The molecule has 7 rings (SSSR count). The Morgan fingerprint density at radius 3 is 1.36 bits per heavy atom. The zero-order valence-electron chi connectivity index (χ0n) is 24.5. The third-order valence-corrected chi connectivity index (χ3v) is 9.72. The highest BCUT2D eigenvalue weighted by Crippen LogP contribution is 2.52. The lowest BCUT2D eigenvalue weighted by molar-refractivity contribution is -0.0499. The van der Waals surface area contributed by atoms with Gasteiger partial charge in [-0.1, -0.05) is 78.9 Å². The fourth-order valence-electron chi connectivity index (χ4n) is 5.63. The Morgan fingerprint density at radius 2 is 0.936 bits per heavy atom. The molecule has 5 nitrogen and oxygen atoms in total. The van der Waals surface area contributed by atoms with Gasteiger partial charge in [-0.15, -0.1) is 11.3 Å². The molecule has 0 saturated heterocycles. The monoisotopic (exact) mass is 666 g/mol. The van der Waals surface area contributed by atoms with Gasteiger partial charge in [-0.05, 0) is 72.8 Å². The third-order valence-electron chi connectivity index (χ3n) is 7.59. The molecule has 0 N–H and O–H groups in total. The highest BCUT2D eigenvalue weighted by molar-refractivity contribution is 7.88. The van der Waals surface area contributed by atoms with E-state index in [0.717, 1.165) is 38.5 Å². The molecular formula is C37H25F3N2O3S2. The first kappa shape index (κ1) is 30.3. The quantitative estimate of drug-likeness (QED) is 0.119. The minimum absolute atomic E-state index is 0.260. The Kier molecular flexibility index (Phi) is 7.83. The van der Waals surface area contributed by atoms with Gasteiger partial charge in [0.25, 0.3) is 0 Å². The Bertz CT molecular complexity index is 2200. The van der Waals surface area contributed by atoms with Crippen LogP contribution in [0.2, 0.25) is 0 Å². The van der Waals surface area contributed by atoms with Crippen molar-refractivity contribution in [3.8, 4) is 5.75 Å². The van der Waals surface area contributed by atoms with Gasteiger partial charge in [-0.2, -0.15) is 21.6 Å². The van der Waals surface area contributed by atoms with Crippen LogP contribution in [0.4, 0.5) is 47.3 Å². The lowest BCUT2D eigenvalue weighted by atomic mass is 10.0. The Morgan fingerprint density at radius 1 is 0.511 bits per heavy atom. The summed E-state index contributed by atoms with van der Waals surface area (Å²) in [5.41, 5.74) is -0.882. The van der Waals surface area contributed by atoms with Crippen LogP contribution < -0.4 is 14.0 Å². The second-order valence-corrected chi connectivity index (χ2v) is 13.1. The Hall–Kier alpha value is -5.32. The predicted octanol–water partition coefficient (Wildman–Crippen LogP) is 11.2. The summed E-state index contributed by atoms with van der Waals surface area (Å²) in [4.78, 5) is 4.08. The molecule has 0 aliphatic carbocycles. The highest BCUT2D eigenvalue weighted by atomic mass is 32.2. The topological polar surface area (TPSA) is 49.9 Å². The standard InChI is InChI=1S/C37H25F3N2O3S2/c38-37(39,40)47(43,44)45-32-25-24-31(42(28-18-9-3-10-19-28)29-20-11-4-12-21-29)35-34-30(22-13-23-33(34)46-36(32)35)41(26-14-5-1-6-15-26)27-16-7-2-8-17-27/h1-25H. The smallest absolute Gasteiger partial charge is 0.374 e. The van der Waals surface area contributed by atoms with E-state index in [1.54, 1.807) is 6.07 Å². The molecule has 0 saturated carbocycles. The van der Waals surface area contributed by atoms with Gasteiger partial charge in [0.15, 0.2) is 5.75 Å². The summed E-state index contributed by atoms with van der Waals surface area (Å²) in [7, 11) is -5.95. The van der Waals surface area contributed by atoms with Crippen molar-refractivity contribution in [2.45, 2.75) is 5.51 Å². The maximum atomic E-state index is 13.6. The predicted molar refractivity (Wildman–Crippen MR) is 184 cm³/mol. The summed E-state index contributed by atoms with van der Waals surface area (Å²) in [6.45, 7) is 0. The molecule has 0 aliphatic rings. The maximum Gasteiger partial charge on any atom is 0.534 e. The van der Waals surface area contributed by atoms with E-state index < -0.39 is 21.4 Å². The second-order valence-electron chi connectivity index (χ2n) is 10.5. The summed E-state index contributed by atoms with van der Waals surface area (Å²) in [6, 6.07) is 47.3. The molecule has 7 aromatic rings. The highest BCUT2D eigenvalue weighted by Gasteiger charge is 2.49. The van der Waals surface area contributed by atoms with Crippen LogP contribution in [0.15, 0.2) is 152 Å². The number of para-hydroxylation sites is 4. The first-order chi connectivity index (χ1) is 22.7. The third kappa shape index (κ3) is 5.66. The zero-order chi connectivity index (χ0) is 32.6. The van der Waals surface area contributed by atoms with Gasteiger partial charge in [0.05, 0.1) is 16.1 Å². The molecule has 47 heavy (non-hydrogen) atoms. The van der Waals surface area contributed by atoms with Crippen LogP contribution >= 0.6 is 11.3 Å². The van der Waals surface area contributed by atoms with Gasteiger partial charge in [0, 0.05) is 38.2 Å². The van der Waals surface area contributed by atoms with Crippen LogP contribution in [0, 0.1) is 0 Å². The molecule has 0 atom stereocenters. The first-order valence-electron chi connectivity index (χ1n) is 14.5. The van der Waals surface area contributed by atoms with E-state index in [0.29, 0.717) is 11.1 Å². The van der Waals surface area contributed by atoms with Crippen LogP contribution in [0.25, 0.3) is 20.2 Å². The van der Waals surface area contributed by atoms with Crippen molar-refractivity contribution in [3.05, 3.63) is 152 Å². The molecule has 0 spiro atoms. The fourth-order valence-corrected chi connectivity index (χ4v) is 7.35. The van der Waals surface area contributed by atoms with Crippen molar-refractivity contribution in [2.24, 2.45) is 0 Å². The van der Waals surface area contributed by atoms with Gasteiger partial charge >= 0.3 is 15.6 Å². The van der Waals surface area contributed by atoms with Crippen molar-refractivity contribution in [2.75, 3.05) is 9.80 Å². The van der Waals surface area contributed by atoms with Crippen molar-refractivity contribution in [1.82, 2.24) is 0 Å². The van der Waals surface area contributed by atoms with Crippen molar-refractivity contribution in [3.63, 3.8) is 0 Å². The van der Waals surface area contributed by atoms with E-state index in [2.05, 4.69) is 4.90 Å². The molecule has 1 heterocycles. The van der Waals surface area contributed by atoms with E-state index in [4.69, 9.17) is 4.18 Å². The van der Waals surface area contributed by atoms with E-state index in [1.165, 1.54) is 17.4 Å². The molecule has 10 heteroatoms. The van der Waals surface area contributed by atoms with E-state index in [9.17, 15) is 21.6 Å². The van der Waals surface area contributed by atoms with Gasteiger partial charge in [0.1, 0.15) is 0 Å². The van der Waals surface area contributed by atoms with Crippen LogP contribution in [0.3, 0.4) is 0 Å². The number of hydrogen-bond acceptors (Lipinski definition) is 6. The molecule has 0 radical (unpaired) electrons. The number of alkyl halides is 3. The Labute approximate surface area is 273 Å². The minimum atomic E-state index is -5.95. The molecule has 0 unspecified atom stereocenters. The van der Waals surface area contributed by atoms with Gasteiger partial charge < -0.3 is 14.0 Å².